The fourth-order valence-corrected chi connectivity index (χ4v) is 5.21. The standard InChI is InChI=1S/C30H21F6N5O6S/c1-43-17-7-22(18-9-24(47-23(18)8-17)21-12-41-27(39-21)48-28(40-41)44-2)45-13-15-4-3-5-16(6-15)38-26(42)19-11-37-25(46-14-29(31,32)33)10-20(19)30(34,35)36/h3-12H,13-14H2,1-2H3,(H,38,42). The second-order valence-corrected chi connectivity index (χ2v) is 10.9. The molecule has 4 heterocycles. The van der Waals surface area contributed by atoms with Crippen molar-refractivity contribution in [3.63, 3.8) is 0 Å². The number of hydrogen-bond acceptors (Lipinski definition) is 10. The number of fused-ring (bicyclic) bond motifs is 2. The van der Waals surface area contributed by atoms with Gasteiger partial charge in [-0.25, -0.2) is 14.5 Å². The number of amides is 1. The van der Waals surface area contributed by atoms with Crippen molar-refractivity contribution in [1.82, 2.24) is 19.6 Å². The van der Waals surface area contributed by atoms with Crippen molar-refractivity contribution in [2.24, 2.45) is 0 Å². The van der Waals surface area contributed by atoms with Gasteiger partial charge in [0.1, 0.15) is 29.4 Å². The van der Waals surface area contributed by atoms with Gasteiger partial charge in [-0.1, -0.05) is 12.1 Å². The summed E-state index contributed by atoms with van der Waals surface area (Å²) in [5.41, 5.74) is -0.797. The number of furan rings is 1. The quantitative estimate of drug-likeness (QED) is 0.146. The Kier molecular flexibility index (Phi) is 8.50. The molecule has 18 heteroatoms. The average Bonchev–Trinajstić information content (AvgIpc) is 3.75. The number of aromatic nitrogens is 4. The van der Waals surface area contributed by atoms with E-state index in [9.17, 15) is 31.1 Å². The molecule has 0 radical (unpaired) electrons. The molecule has 0 saturated heterocycles. The Morgan fingerprint density at radius 1 is 1.02 bits per heavy atom. The highest BCUT2D eigenvalue weighted by atomic mass is 32.1. The first kappa shape index (κ1) is 32.4. The zero-order valence-electron chi connectivity index (χ0n) is 24.6. The third-order valence-electron chi connectivity index (χ3n) is 6.65. The van der Waals surface area contributed by atoms with Crippen LogP contribution < -0.4 is 24.3 Å². The SMILES string of the molecule is COc1cc(OCc2cccc(NC(=O)c3cnc(OCC(F)(F)F)cc3C(F)(F)F)c2)c2cc(-c3cn4nc(OC)sc4n3)oc2c1. The maximum absolute atomic E-state index is 13.7. The van der Waals surface area contributed by atoms with E-state index in [4.69, 9.17) is 18.6 Å². The summed E-state index contributed by atoms with van der Waals surface area (Å²) in [4.78, 5) is 21.4. The van der Waals surface area contributed by atoms with E-state index in [1.165, 1.54) is 37.7 Å². The van der Waals surface area contributed by atoms with Gasteiger partial charge in [-0.05, 0) is 35.1 Å². The summed E-state index contributed by atoms with van der Waals surface area (Å²) < 4.78 is 107. The minimum Gasteiger partial charge on any atom is -0.496 e. The summed E-state index contributed by atoms with van der Waals surface area (Å²) in [5, 5.41) is 7.67. The molecule has 6 rings (SSSR count). The lowest BCUT2D eigenvalue weighted by Crippen LogP contribution is -2.22. The Bertz CT molecular complexity index is 2090. The van der Waals surface area contributed by atoms with Gasteiger partial charge >= 0.3 is 12.4 Å². The van der Waals surface area contributed by atoms with E-state index >= 15 is 0 Å². The molecular formula is C30H21F6N5O6S. The van der Waals surface area contributed by atoms with Gasteiger partial charge in [0.25, 0.3) is 11.1 Å². The van der Waals surface area contributed by atoms with Gasteiger partial charge in [-0.3, -0.25) is 4.79 Å². The molecule has 0 fully saturated rings. The fraction of sp³-hybridized carbons (Fsp3) is 0.200. The summed E-state index contributed by atoms with van der Waals surface area (Å²) in [5.74, 6) is -0.848. The zero-order valence-corrected chi connectivity index (χ0v) is 25.4. The molecule has 0 bridgehead atoms. The monoisotopic (exact) mass is 693 g/mol. The summed E-state index contributed by atoms with van der Waals surface area (Å²) in [6, 6.07) is 11.5. The van der Waals surface area contributed by atoms with E-state index in [1.807, 2.05) is 0 Å². The van der Waals surface area contributed by atoms with Crippen LogP contribution in [0.25, 0.3) is 27.4 Å². The van der Waals surface area contributed by atoms with E-state index in [2.05, 4.69) is 25.1 Å². The molecule has 0 aliphatic carbocycles. The number of halogens is 6. The second kappa shape index (κ2) is 12.6. The summed E-state index contributed by atoms with van der Waals surface area (Å²) >= 11 is 1.26. The largest absolute Gasteiger partial charge is 0.496 e. The number of carbonyl (C=O) groups excluding carboxylic acids is 1. The van der Waals surface area contributed by atoms with Gasteiger partial charge in [-0.2, -0.15) is 26.3 Å². The summed E-state index contributed by atoms with van der Waals surface area (Å²) in [7, 11) is 2.99. The summed E-state index contributed by atoms with van der Waals surface area (Å²) in [6.07, 6.45) is -7.69. The van der Waals surface area contributed by atoms with Crippen molar-refractivity contribution in [2.75, 3.05) is 26.1 Å². The number of ether oxygens (including phenoxy) is 4. The van der Waals surface area contributed by atoms with Crippen LogP contribution in [0.2, 0.25) is 0 Å². The molecule has 1 N–H and O–H groups in total. The third-order valence-corrected chi connectivity index (χ3v) is 7.54. The molecule has 2 aromatic carbocycles. The van der Waals surface area contributed by atoms with Gasteiger partial charge in [0.2, 0.25) is 10.8 Å². The Morgan fingerprint density at radius 3 is 2.54 bits per heavy atom. The van der Waals surface area contributed by atoms with Gasteiger partial charge in [0.05, 0.1) is 36.9 Å². The fourth-order valence-electron chi connectivity index (χ4n) is 4.51. The highest BCUT2D eigenvalue weighted by molar-refractivity contribution is 7.18. The van der Waals surface area contributed by atoms with Gasteiger partial charge in [0, 0.05) is 30.1 Å². The lowest BCUT2D eigenvalue weighted by Gasteiger charge is -2.15. The maximum Gasteiger partial charge on any atom is 0.422 e. The smallest absolute Gasteiger partial charge is 0.422 e. The topological polar surface area (TPSA) is 122 Å². The lowest BCUT2D eigenvalue weighted by atomic mass is 10.1. The van der Waals surface area contributed by atoms with Crippen LogP contribution in [0.1, 0.15) is 21.5 Å². The number of carbonyl (C=O) groups is 1. The van der Waals surface area contributed by atoms with Crippen LogP contribution in [0.15, 0.2) is 65.3 Å². The number of benzene rings is 2. The number of nitrogens with zero attached hydrogens (tertiary/aromatic N) is 4. The van der Waals surface area contributed by atoms with Crippen LogP contribution in [0.4, 0.5) is 32.0 Å². The lowest BCUT2D eigenvalue weighted by molar-refractivity contribution is -0.154. The minimum absolute atomic E-state index is 0.0307. The molecule has 0 unspecified atom stereocenters. The summed E-state index contributed by atoms with van der Waals surface area (Å²) in [6.45, 7) is -1.88. The van der Waals surface area contributed by atoms with E-state index in [0.717, 1.165) is 0 Å². The van der Waals surface area contributed by atoms with E-state index < -0.39 is 41.9 Å². The molecule has 0 atom stereocenters. The van der Waals surface area contributed by atoms with Crippen LogP contribution in [0.3, 0.4) is 0 Å². The van der Waals surface area contributed by atoms with Crippen molar-refractivity contribution in [1.29, 1.82) is 0 Å². The minimum atomic E-state index is -5.09. The molecule has 11 nitrogen and oxygen atoms in total. The van der Waals surface area contributed by atoms with Crippen LogP contribution in [0.5, 0.6) is 22.6 Å². The van der Waals surface area contributed by atoms with Gasteiger partial charge in [0.15, 0.2) is 12.4 Å². The number of alkyl halides is 6. The number of imidazole rings is 1. The molecule has 250 valence electrons. The Labute approximate surface area is 269 Å². The van der Waals surface area contributed by atoms with Crippen molar-refractivity contribution in [2.45, 2.75) is 19.0 Å². The molecule has 0 aliphatic heterocycles. The molecule has 0 aliphatic rings. The highest BCUT2D eigenvalue weighted by Crippen LogP contribution is 2.38. The normalized spacial score (nSPS) is 12.0. The maximum atomic E-state index is 13.7. The van der Waals surface area contributed by atoms with Crippen LogP contribution in [-0.4, -0.2) is 52.5 Å². The van der Waals surface area contributed by atoms with Crippen molar-refractivity contribution >= 4 is 38.9 Å². The molecule has 0 saturated carbocycles. The molecule has 0 spiro atoms. The predicted octanol–water partition coefficient (Wildman–Crippen LogP) is 7.41. The first-order chi connectivity index (χ1) is 22.8. The first-order valence-corrected chi connectivity index (χ1v) is 14.4. The van der Waals surface area contributed by atoms with Gasteiger partial charge in [-0.15, -0.1) is 5.10 Å². The van der Waals surface area contributed by atoms with Crippen LogP contribution in [0, 0.1) is 0 Å². The van der Waals surface area contributed by atoms with Crippen molar-refractivity contribution in [3.8, 4) is 34.0 Å². The third kappa shape index (κ3) is 7.07. The Hall–Kier alpha value is -5.52. The predicted molar refractivity (Wildman–Crippen MR) is 159 cm³/mol. The number of pyridine rings is 1. The number of rotatable bonds is 10. The van der Waals surface area contributed by atoms with Crippen LogP contribution >= 0.6 is 11.3 Å². The molecule has 6 aromatic rings. The number of anilines is 1. The Morgan fingerprint density at radius 2 is 1.83 bits per heavy atom. The van der Waals surface area contributed by atoms with E-state index in [-0.39, 0.29) is 18.4 Å². The highest BCUT2D eigenvalue weighted by Gasteiger charge is 2.37. The average molecular weight is 694 g/mol. The molecular weight excluding hydrogens is 672 g/mol. The number of nitrogens with one attached hydrogen (secondary N) is 1. The Balaban J connectivity index is 1.20. The van der Waals surface area contributed by atoms with Crippen molar-refractivity contribution in [3.05, 3.63) is 77.6 Å². The van der Waals surface area contributed by atoms with Crippen molar-refractivity contribution < 1.29 is 54.5 Å². The zero-order chi connectivity index (χ0) is 34.2. The first-order valence-electron chi connectivity index (χ1n) is 13.6. The molecule has 1 amide bonds. The van der Waals surface area contributed by atoms with Crippen LogP contribution in [-0.2, 0) is 12.8 Å². The molecule has 4 aromatic heterocycles. The number of methoxy groups -OCH3 is 2. The molecule has 48 heavy (non-hydrogen) atoms. The second-order valence-electron chi connectivity index (χ2n) is 9.99. The van der Waals surface area contributed by atoms with Gasteiger partial charge < -0.3 is 28.7 Å². The van der Waals surface area contributed by atoms with E-state index in [0.29, 0.717) is 55.8 Å². The van der Waals surface area contributed by atoms with E-state index in [1.54, 1.807) is 41.0 Å². The number of hydrogen-bond donors (Lipinski definition) is 1.